The van der Waals surface area contributed by atoms with Gasteiger partial charge in [-0.2, -0.15) is 19.6 Å². The van der Waals surface area contributed by atoms with Crippen molar-refractivity contribution in [3.05, 3.63) is 35.8 Å². The number of halogens is 1. The summed E-state index contributed by atoms with van der Waals surface area (Å²) in [6, 6.07) is 0. The first kappa shape index (κ1) is 11.9. The molecule has 0 aliphatic carbocycles. The normalized spacial score (nSPS) is 11.1. The Morgan fingerprint density at radius 3 is 3.11 bits per heavy atom. The summed E-state index contributed by atoms with van der Waals surface area (Å²) < 4.78 is 3.64. The van der Waals surface area contributed by atoms with Gasteiger partial charge in [0, 0.05) is 31.0 Å². The Kier molecular flexibility index (Phi) is 3.04. The Morgan fingerprint density at radius 2 is 2.32 bits per heavy atom. The highest BCUT2D eigenvalue weighted by Gasteiger charge is 2.11. The summed E-state index contributed by atoms with van der Waals surface area (Å²) >= 11 is 6.08. The topological polar surface area (TPSA) is 72.9 Å². The van der Waals surface area contributed by atoms with Crippen molar-refractivity contribution < 1.29 is 0 Å². The number of hydrogen-bond acceptors (Lipinski definition) is 5. The van der Waals surface area contributed by atoms with Crippen molar-refractivity contribution in [1.82, 2.24) is 29.1 Å². The number of imidazole rings is 1. The van der Waals surface area contributed by atoms with E-state index in [0.717, 1.165) is 24.5 Å². The van der Waals surface area contributed by atoms with Gasteiger partial charge in [-0.15, -0.1) is 0 Å². The van der Waals surface area contributed by atoms with E-state index in [9.17, 15) is 0 Å². The third-order valence-electron chi connectivity index (χ3n) is 2.83. The number of rotatable bonds is 4. The van der Waals surface area contributed by atoms with Crippen LogP contribution in [0.3, 0.4) is 0 Å². The van der Waals surface area contributed by atoms with Crippen LogP contribution in [0.4, 0.5) is 5.82 Å². The zero-order valence-corrected chi connectivity index (χ0v) is 11.0. The van der Waals surface area contributed by atoms with Crippen molar-refractivity contribution in [1.29, 1.82) is 0 Å². The van der Waals surface area contributed by atoms with Crippen molar-refractivity contribution >= 4 is 23.2 Å². The lowest BCUT2D eigenvalue weighted by Crippen LogP contribution is -2.14. The second-order valence-corrected chi connectivity index (χ2v) is 4.43. The van der Waals surface area contributed by atoms with Crippen LogP contribution >= 0.6 is 11.6 Å². The van der Waals surface area contributed by atoms with E-state index in [-0.39, 0.29) is 0 Å². The zero-order valence-electron chi connectivity index (χ0n) is 10.3. The molecule has 3 heterocycles. The van der Waals surface area contributed by atoms with E-state index in [0.29, 0.717) is 10.9 Å². The molecule has 19 heavy (non-hydrogen) atoms. The molecule has 0 saturated heterocycles. The van der Waals surface area contributed by atoms with Crippen LogP contribution in [0, 0.1) is 6.92 Å². The van der Waals surface area contributed by atoms with Gasteiger partial charge in [-0.1, -0.05) is 11.6 Å². The van der Waals surface area contributed by atoms with E-state index in [1.54, 1.807) is 17.0 Å². The first-order valence-electron chi connectivity index (χ1n) is 5.81. The molecule has 0 bridgehead atoms. The van der Waals surface area contributed by atoms with Gasteiger partial charge in [0.05, 0.1) is 6.33 Å². The lowest BCUT2D eigenvalue weighted by Gasteiger charge is -2.11. The Labute approximate surface area is 114 Å². The molecule has 7 nitrogen and oxygen atoms in total. The Hall–Kier alpha value is -2.15. The van der Waals surface area contributed by atoms with Crippen LogP contribution in [0.2, 0.25) is 5.15 Å². The van der Waals surface area contributed by atoms with Crippen molar-refractivity contribution in [2.75, 3.05) is 11.9 Å². The Bertz CT molecular complexity index is 688. The zero-order chi connectivity index (χ0) is 13.2. The number of nitrogens with one attached hydrogen (secondary N) is 1. The summed E-state index contributed by atoms with van der Waals surface area (Å²) in [4.78, 5) is 12.2. The summed E-state index contributed by atoms with van der Waals surface area (Å²) in [7, 11) is 0. The van der Waals surface area contributed by atoms with E-state index >= 15 is 0 Å². The van der Waals surface area contributed by atoms with Crippen molar-refractivity contribution in [3.8, 4) is 0 Å². The monoisotopic (exact) mass is 277 g/mol. The third kappa shape index (κ3) is 2.24. The minimum absolute atomic E-state index is 0.436. The predicted molar refractivity (Wildman–Crippen MR) is 71.2 cm³/mol. The number of nitrogens with zero attached hydrogens (tertiary/aromatic N) is 6. The third-order valence-corrected chi connectivity index (χ3v) is 3.19. The minimum atomic E-state index is 0.436. The summed E-state index contributed by atoms with van der Waals surface area (Å²) in [5.74, 6) is 1.30. The maximum atomic E-state index is 6.08. The summed E-state index contributed by atoms with van der Waals surface area (Å²) in [6.45, 7) is 3.43. The number of anilines is 1. The molecule has 0 unspecified atom stereocenters. The Morgan fingerprint density at radius 1 is 1.42 bits per heavy atom. The number of hydrogen-bond donors (Lipinski definition) is 1. The van der Waals surface area contributed by atoms with Gasteiger partial charge >= 0.3 is 0 Å². The van der Waals surface area contributed by atoms with E-state index in [1.807, 2.05) is 17.7 Å². The van der Waals surface area contributed by atoms with Crippen LogP contribution in [-0.4, -0.2) is 35.7 Å². The van der Waals surface area contributed by atoms with E-state index in [2.05, 4.69) is 25.4 Å². The fraction of sp³-hybridized carbons (Fsp3) is 0.273. The summed E-state index contributed by atoms with van der Waals surface area (Å²) in [6.07, 6.45) is 6.90. The minimum Gasteiger partial charge on any atom is -0.368 e. The van der Waals surface area contributed by atoms with Gasteiger partial charge in [0.1, 0.15) is 17.3 Å². The lowest BCUT2D eigenvalue weighted by atomic mass is 10.3. The molecule has 0 aromatic carbocycles. The predicted octanol–water partition coefficient (Wildman–Crippen LogP) is 1.39. The van der Waals surface area contributed by atoms with Crippen molar-refractivity contribution in [2.24, 2.45) is 0 Å². The van der Waals surface area contributed by atoms with E-state index in [1.165, 1.54) is 6.33 Å². The molecular formula is C11H12ClN7. The second kappa shape index (κ2) is 4.85. The molecule has 0 aliphatic heterocycles. The highest BCUT2D eigenvalue weighted by molar-refractivity contribution is 6.30. The second-order valence-electron chi connectivity index (χ2n) is 4.08. The maximum absolute atomic E-state index is 6.08. The SMILES string of the molecule is Cc1c(Cl)nc2ncnn2c1NCCn1ccnc1. The molecular weight excluding hydrogens is 266 g/mol. The quantitative estimate of drug-likeness (QED) is 0.730. The molecule has 98 valence electrons. The fourth-order valence-corrected chi connectivity index (χ4v) is 1.99. The largest absolute Gasteiger partial charge is 0.368 e. The molecule has 0 saturated carbocycles. The highest BCUT2D eigenvalue weighted by atomic mass is 35.5. The van der Waals surface area contributed by atoms with Gasteiger partial charge in [-0.05, 0) is 6.92 Å². The van der Waals surface area contributed by atoms with Gasteiger partial charge in [-0.3, -0.25) is 0 Å². The maximum Gasteiger partial charge on any atom is 0.255 e. The van der Waals surface area contributed by atoms with Gasteiger partial charge in [-0.25, -0.2) is 4.98 Å². The molecule has 0 radical (unpaired) electrons. The first-order valence-corrected chi connectivity index (χ1v) is 6.19. The number of aromatic nitrogens is 6. The standard InChI is InChI=1S/C11H12ClN7/c1-8-9(12)17-11-15-6-16-19(11)10(8)14-3-5-18-4-2-13-7-18/h2,4,6-7,14H,3,5H2,1H3. The summed E-state index contributed by atoms with van der Waals surface area (Å²) in [5, 5.41) is 7.88. The van der Waals surface area contributed by atoms with Crippen molar-refractivity contribution in [2.45, 2.75) is 13.5 Å². The van der Waals surface area contributed by atoms with E-state index in [4.69, 9.17) is 11.6 Å². The van der Waals surface area contributed by atoms with Crippen LogP contribution in [0.15, 0.2) is 25.0 Å². The van der Waals surface area contributed by atoms with Gasteiger partial charge in [0.15, 0.2) is 0 Å². The molecule has 0 atom stereocenters. The molecule has 0 amide bonds. The van der Waals surface area contributed by atoms with Gasteiger partial charge < -0.3 is 9.88 Å². The fourth-order valence-electron chi connectivity index (χ4n) is 1.83. The van der Waals surface area contributed by atoms with Crippen LogP contribution in [0.5, 0.6) is 0 Å². The molecule has 3 aromatic heterocycles. The Balaban J connectivity index is 1.83. The molecule has 0 aliphatic rings. The molecule has 3 rings (SSSR count). The molecule has 0 spiro atoms. The average molecular weight is 278 g/mol. The smallest absolute Gasteiger partial charge is 0.255 e. The molecule has 0 fully saturated rings. The van der Waals surface area contributed by atoms with Gasteiger partial charge in [0.2, 0.25) is 0 Å². The molecule has 1 N–H and O–H groups in total. The van der Waals surface area contributed by atoms with Crippen LogP contribution in [0.1, 0.15) is 5.56 Å². The van der Waals surface area contributed by atoms with Crippen LogP contribution in [0.25, 0.3) is 5.78 Å². The van der Waals surface area contributed by atoms with Crippen LogP contribution < -0.4 is 5.32 Å². The average Bonchev–Trinajstić information content (AvgIpc) is 3.04. The van der Waals surface area contributed by atoms with Crippen LogP contribution in [-0.2, 0) is 6.54 Å². The highest BCUT2D eigenvalue weighted by Crippen LogP contribution is 2.21. The number of fused-ring (bicyclic) bond motifs is 1. The summed E-state index contributed by atoms with van der Waals surface area (Å²) in [5.41, 5.74) is 0.852. The van der Waals surface area contributed by atoms with E-state index < -0.39 is 0 Å². The lowest BCUT2D eigenvalue weighted by molar-refractivity contribution is 0.721. The molecule has 3 aromatic rings. The van der Waals surface area contributed by atoms with Gasteiger partial charge in [0.25, 0.3) is 5.78 Å². The van der Waals surface area contributed by atoms with Crippen molar-refractivity contribution in [3.63, 3.8) is 0 Å². The first-order chi connectivity index (χ1) is 9.25. The molecule has 8 heteroatoms.